The number of Topliss-reactive ketones (excluding diaryl/α,β-unsaturated/α-hetero) is 1. The fourth-order valence-corrected chi connectivity index (χ4v) is 5.93. The van der Waals surface area contributed by atoms with Crippen molar-refractivity contribution < 1.29 is 22.8 Å². The van der Waals surface area contributed by atoms with E-state index >= 15 is 0 Å². The highest BCUT2D eigenvalue weighted by atomic mass is 32.2. The summed E-state index contributed by atoms with van der Waals surface area (Å²) < 4.78 is 27.8. The van der Waals surface area contributed by atoms with E-state index in [-0.39, 0.29) is 29.6 Å². The van der Waals surface area contributed by atoms with Gasteiger partial charge in [0.1, 0.15) is 6.54 Å². The first-order valence-corrected chi connectivity index (χ1v) is 12.9. The van der Waals surface area contributed by atoms with Crippen LogP contribution in [0, 0.1) is 5.92 Å². The number of rotatable bonds is 6. The largest absolute Gasteiger partial charge is 0.325 e. The van der Waals surface area contributed by atoms with E-state index < -0.39 is 15.9 Å². The van der Waals surface area contributed by atoms with Gasteiger partial charge in [0.15, 0.2) is 5.78 Å². The quantitative estimate of drug-likeness (QED) is 0.636. The molecule has 1 saturated heterocycles. The van der Waals surface area contributed by atoms with E-state index in [9.17, 15) is 22.8 Å². The van der Waals surface area contributed by atoms with E-state index in [1.165, 1.54) is 22.2 Å². The SMILES string of the molecule is CC(=O)c1cccc(NC(=O)CN2C(=O)CCc3cc(S(=O)(=O)N4CCC(C)CC4)ccc32)c1. The lowest BCUT2D eigenvalue weighted by Gasteiger charge is -2.31. The van der Waals surface area contributed by atoms with Gasteiger partial charge in [-0.25, -0.2) is 8.42 Å². The standard InChI is InChI=1S/C25H29N3O5S/c1-17-10-12-27(13-11-17)34(32,33)22-7-8-23-20(15-22)6-9-25(31)28(23)16-24(30)26-21-5-3-4-19(14-21)18(2)29/h3-5,7-8,14-15,17H,6,9-13,16H2,1-2H3,(H,26,30). The maximum atomic E-state index is 13.1. The van der Waals surface area contributed by atoms with Crippen LogP contribution in [0.15, 0.2) is 47.4 Å². The summed E-state index contributed by atoms with van der Waals surface area (Å²) in [6, 6.07) is 11.4. The molecule has 2 aromatic carbocycles. The smallest absolute Gasteiger partial charge is 0.244 e. The predicted molar refractivity (Wildman–Crippen MR) is 129 cm³/mol. The maximum Gasteiger partial charge on any atom is 0.244 e. The predicted octanol–water partition coefficient (Wildman–Crippen LogP) is 3.23. The summed E-state index contributed by atoms with van der Waals surface area (Å²) >= 11 is 0. The molecular weight excluding hydrogens is 454 g/mol. The monoisotopic (exact) mass is 483 g/mol. The first-order chi connectivity index (χ1) is 16.1. The van der Waals surface area contributed by atoms with Crippen LogP contribution in [0.4, 0.5) is 11.4 Å². The zero-order valence-electron chi connectivity index (χ0n) is 19.4. The number of hydrogen-bond donors (Lipinski definition) is 1. The van der Waals surface area contributed by atoms with Gasteiger partial charge in [-0.2, -0.15) is 4.31 Å². The highest BCUT2D eigenvalue weighted by Gasteiger charge is 2.31. The molecule has 2 heterocycles. The Kier molecular flexibility index (Phi) is 6.86. The minimum absolute atomic E-state index is 0.110. The molecule has 4 rings (SSSR count). The van der Waals surface area contributed by atoms with Crippen LogP contribution in [0.5, 0.6) is 0 Å². The molecule has 0 radical (unpaired) electrons. The second-order valence-electron chi connectivity index (χ2n) is 9.04. The van der Waals surface area contributed by atoms with Crippen molar-refractivity contribution in [3.63, 3.8) is 0 Å². The molecule has 1 fully saturated rings. The number of carbonyl (C=O) groups is 3. The lowest BCUT2D eigenvalue weighted by Crippen LogP contribution is -2.41. The molecule has 1 N–H and O–H groups in total. The first kappa shape index (κ1) is 24.1. The number of sulfonamides is 1. The Balaban J connectivity index is 1.52. The number of nitrogens with zero attached hydrogens (tertiary/aromatic N) is 2. The second-order valence-corrected chi connectivity index (χ2v) is 11.0. The van der Waals surface area contributed by atoms with Crippen LogP contribution in [-0.2, 0) is 26.0 Å². The van der Waals surface area contributed by atoms with Crippen LogP contribution in [0.2, 0.25) is 0 Å². The van der Waals surface area contributed by atoms with Gasteiger partial charge in [-0.1, -0.05) is 19.1 Å². The molecule has 2 aromatic rings. The van der Waals surface area contributed by atoms with Crippen molar-refractivity contribution >= 4 is 39.0 Å². The molecule has 8 nitrogen and oxygen atoms in total. The highest BCUT2D eigenvalue weighted by Crippen LogP contribution is 2.32. The number of piperidine rings is 1. The van der Waals surface area contributed by atoms with E-state index in [4.69, 9.17) is 0 Å². The van der Waals surface area contributed by atoms with Crippen molar-refractivity contribution in [3.05, 3.63) is 53.6 Å². The molecule has 9 heteroatoms. The minimum atomic E-state index is -3.60. The van der Waals surface area contributed by atoms with E-state index in [1.54, 1.807) is 36.4 Å². The van der Waals surface area contributed by atoms with Crippen LogP contribution >= 0.6 is 0 Å². The molecular formula is C25H29N3O5S. The number of anilines is 2. The third-order valence-electron chi connectivity index (χ3n) is 6.49. The third kappa shape index (κ3) is 5.05. The summed E-state index contributed by atoms with van der Waals surface area (Å²) in [4.78, 5) is 38.5. The Bertz CT molecular complexity index is 1230. The zero-order chi connectivity index (χ0) is 24.5. The van der Waals surface area contributed by atoms with Crippen molar-refractivity contribution in [2.24, 2.45) is 5.92 Å². The van der Waals surface area contributed by atoms with E-state index in [0.717, 1.165) is 18.4 Å². The second kappa shape index (κ2) is 9.68. The van der Waals surface area contributed by atoms with Crippen molar-refractivity contribution in [2.45, 2.75) is 44.4 Å². The van der Waals surface area contributed by atoms with Gasteiger partial charge in [-0.15, -0.1) is 0 Å². The van der Waals surface area contributed by atoms with Gasteiger partial charge in [0.05, 0.1) is 4.90 Å². The fourth-order valence-electron chi connectivity index (χ4n) is 4.40. The van der Waals surface area contributed by atoms with Gasteiger partial charge in [-0.3, -0.25) is 14.4 Å². The zero-order valence-corrected chi connectivity index (χ0v) is 20.2. The van der Waals surface area contributed by atoms with E-state index in [0.29, 0.717) is 42.4 Å². The molecule has 2 aliphatic heterocycles. The van der Waals surface area contributed by atoms with Crippen molar-refractivity contribution in [3.8, 4) is 0 Å². The summed E-state index contributed by atoms with van der Waals surface area (Å²) in [5.41, 5.74) is 2.24. The van der Waals surface area contributed by atoms with Gasteiger partial charge in [-0.05, 0) is 68.0 Å². The molecule has 0 spiro atoms. The van der Waals surface area contributed by atoms with Crippen molar-refractivity contribution in [2.75, 3.05) is 29.9 Å². The normalized spacial score (nSPS) is 17.4. The Labute approximate surface area is 200 Å². The minimum Gasteiger partial charge on any atom is -0.325 e. The Hall–Kier alpha value is -3.04. The summed E-state index contributed by atoms with van der Waals surface area (Å²) in [6.07, 6.45) is 2.31. The fraction of sp³-hybridized carbons (Fsp3) is 0.400. The number of fused-ring (bicyclic) bond motifs is 1. The average Bonchev–Trinajstić information content (AvgIpc) is 2.81. The Morgan fingerprint density at radius 3 is 2.50 bits per heavy atom. The molecule has 180 valence electrons. The van der Waals surface area contributed by atoms with E-state index in [1.807, 2.05) is 0 Å². The van der Waals surface area contributed by atoms with Gasteiger partial charge in [0.2, 0.25) is 21.8 Å². The lowest BCUT2D eigenvalue weighted by atomic mass is 10.0. The number of hydrogen-bond acceptors (Lipinski definition) is 5. The van der Waals surface area contributed by atoms with Crippen LogP contribution < -0.4 is 10.2 Å². The summed E-state index contributed by atoms with van der Waals surface area (Å²) in [7, 11) is -3.60. The van der Waals surface area contributed by atoms with Crippen molar-refractivity contribution in [1.29, 1.82) is 0 Å². The third-order valence-corrected chi connectivity index (χ3v) is 8.38. The van der Waals surface area contributed by atoms with Gasteiger partial charge in [0, 0.05) is 36.4 Å². The van der Waals surface area contributed by atoms with Crippen LogP contribution in [-0.4, -0.2) is 50.0 Å². The maximum absolute atomic E-state index is 13.1. The summed E-state index contributed by atoms with van der Waals surface area (Å²) in [6.45, 7) is 4.40. The van der Waals surface area contributed by atoms with Gasteiger partial charge in [0.25, 0.3) is 0 Å². The number of aryl methyl sites for hydroxylation is 1. The average molecular weight is 484 g/mol. The molecule has 0 saturated carbocycles. The number of amides is 2. The molecule has 0 bridgehead atoms. The number of carbonyl (C=O) groups excluding carboxylic acids is 3. The Morgan fingerprint density at radius 2 is 1.79 bits per heavy atom. The molecule has 2 amide bonds. The number of ketones is 1. The summed E-state index contributed by atoms with van der Waals surface area (Å²) in [5.74, 6) is -0.187. The van der Waals surface area contributed by atoms with E-state index in [2.05, 4.69) is 12.2 Å². The van der Waals surface area contributed by atoms with Crippen LogP contribution in [0.1, 0.15) is 49.0 Å². The van der Waals surface area contributed by atoms with Crippen LogP contribution in [0.3, 0.4) is 0 Å². The molecule has 0 aromatic heterocycles. The molecule has 0 aliphatic carbocycles. The molecule has 2 aliphatic rings. The van der Waals surface area contributed by atoms with Crippen molar-refractivity contribution in [1.82, 2.24) is 4.31 Å². The molecule has 34 heavy (non-hydrogen) atoms. The number of benzene rings is 2. The van der Waals surface area contributed by atoms with Crippen LogP contribution in [0.25, 0.3) is 0 Å². The Morgan fingerprint density at radius 1 is 1.06 bits per heavy atom. The molecule has 0 atom stereocenters. The van der Waals surface area contributed by atoms with Gasteiger partial charge < -0.3 is 10.2 Å². The lowest BCUT2D eigenvalue weighted by molar-refractivity contribution is -0.121. The van der Waals surface area contributed by atoms with Gasteiger partial charge >= 0.3 is 0 Å². The molecule has 0 unspecified atom stereocenters. The number of nitrogens with one attached hydrogen (secondary N) is 1. The topological polar surface area (TPSA) is 104 Å². The first-order valence-electron chi connectivity index (χ1n) is 11.5. The summed E-state index contributed by atoms with van der Waals surface area (Å²) in [5, 5.41) is 2.73. The highest BCUT2D eigenvalue weighted by molar-refractivity contribution is 7.89.